The highest BCUT2D eigenvalue weighted by Gasteiger charge is 2.43. The van der Waals surface area contributed by atoms with Gasteiger partial charge in [-0.2, -0.15) is 0 Å². The summed E-state index contributed by atoms with van der Waals surface area (Å²) < 4.78 is 36.1. The average molecular weight is 935 g/mol. The molecular formula is C50H60F2N10O6. The van der Waals surface area contributed by atoms with Crippen LogP contribution in [0.3, 0.4) is 0 Å². The Morgan fingerprint density at radius 3 is 2.29 bits per heavy atom. The number of aldehydes is 1. The van der Waals surface area contributed by atoms with Crippen LogP contribution in [0.15, 0.2) is 60.9 Å². The van der Waals surface area contributed by atoms with Gasteiger partial charge in [-0.25, -0.2) is 13.8 Å². The Morgan fingerprint density at radius 1 is 0.897 bits per heavy atom. The topological polar surface area (TPSA) is 216 Å². The number of imide groups is 1. The van der Waals surface area contributed by atoms with E-state index in [1.54, 1.807) is 48.8 Å². The number of carbonyl (C=O) groups is 5. The van der Waals surface area contributed by atoms with E-state index in [9.17, 15) is 24.0 Å². The summed E-state index contributed by atoms with van der Waals surface area (Å²) in [5.41, 5.74) is 9.33. The molecule has 1 atom stereocenters. The average Bonchev–Trinajstić information content (AvgIpc) is 3.59. The molecule has 3 aliphatic rings. The number of hydrogen-bond donors (Lipinski definition) is 5. The second-order valence-electron chi connectivity index (χ2n) is 17.5. The van der Waals surface area contributed by atoms with Crippen LogP contribution in [0.2, 0.25) is 0 Å². The number of unbranched alkanes of at least 4 members (excludes halogenated alkanes) is 5. The van der Waals surface area contributed by atoms with Gasteiger partial charge < -0.3 is 36.6 Å². The minimum absolute atomic E-state index is 0.000982. The Labute approximate surface area is 394 Å². The zero-order chi connectivity index (χ0) is 48.0. The molecule has 2 saturated heterocycles. The highest BCUT2D eigenvalue weighted by Crippen LogP contribution is 2.33. The molecule has 4 aromatic rings. The molecule has 0 radical (unpaired) electrons. The number of nitrogens with zero attached hydrogens (tertiary/aromatic N) is 5. The molecule has 0 bridgehead atoms. The molecule has 1 aromatic heterocycles. The lowest BCUT2D eigenvalue weighted by atomic mass is 10.0. The number of amides is 4. The number of ether oxygens (including phenoxy) is 1. The van der Waals surface area contributed by atoms with E-state index in [-0.39, 0.29) is 48.0 Å². The van der Waals surface area contributed by atoms with Crippen LogP contribution in [0, 0.1) is 17.0 Å². The number of anilines is 1. The molecule has 18 heteroatoms. The van der Waals surface area contributed by atoms with Crippen molar-refractivity contribution in [3.05, 3.63) is 94.9 Å². The molecule has 68 heavy (non-hydrogen) atoms. The van der Waals surface area contributed by atoms with Crippen molar-refractivity contribution in [2.45, 2.75) is 82.8 Å². The van der Waals surface area contributed by atoms with Crippen molar-refractivity contribution in [2.75, 3.05) is 64.3 Å². The molecule has 6 N–H and O–H groups in total. The number of para-hydroxylation sites is 1. The van der Waals surface area contributed by atoms with Crippen LogP contribution < -0.4 is 21.7 Å². The van der Waals surface area contributed by atoms with Crippen molar-refractivity contribution in [2.24, 2.45) is 5.73 Å². The zero-order valence-corrected chi connectivity index (χ0v) is 38.2. The van der Waals surface area contributed by atoms with E-state index in [0.29, 0.717) is 91.3 Å². The van der Waals surface area contributed by atoms with Crippen molar-refractivity contribution in [3.8, 4) is 11.1 Å². The van der Waals surface area contributed by atoms with Crippen molar-refractivity contribution in [3.63, 3.8) is 0 Å². The number of rotatable bonds is 24. The highest BCUT2D eigenvalue weighted by atomic mass is 19.1. The van der Waals surface area contributed by atoms with Crippen LogP contribution in [-0.4, -0.2) is 132 Å². The van der Waals surface area contributed by atoms with Crippen LogP contribution in [-0.2, 0) is 25.7 Å². The first-order valence-corrected chi connectivity index (χ1v) is 23.5. The van der Waals surface area contributed by atoms with E-state index in [1.807, 2.05) is 4.90 Å². The summed E-state index contributed by atoms with van der Waals surface area (Å²) in [6, 6.07) is 11.9. The molecule has 0 aliphatic carbocycles. The lowest BCUT2D eigenvalue weighted by Crippen LogP contribution is -2.47. The summed E-state index contributed by atoms with van der Waals surface area (Å²) in [4.78, 5) is 76.4. The standard InChI is InChI=1S/C50H60F2N10O6/c51-39-26-33(27-40(52)38(39)31-61-21-24-68-25-22-61)36-10-7-13-42-47(36)59-43(30-58-42)34(28-53)29-57-35-15-19-60(20-16-35)32-45(64)56-18-6-4-2-1-3-5-17-55-41-12-8-11-37-46(41)50(67)62(49(37)66)44(48(54)65)14-9-23-63/h7-8,10-13,23,26-30,35,44,53,55,57H,1-6,9,14-22,24-25,31-32H2,(H2,54,65)(H,56,64)/b34-29+,53-28?. The Morgan fingerprint density at radius 2 is 1.59 bits per heavy atom. The van der Waals surface area contributed by atoms with E-state index in [2.05, 4.69) is 25.8 Å². The van der Waals surface area contributed by atoms with Gasteiger partial charge in [0, 0.05) is 93.1 Å². The second kappa shape index (κ2) is 24.0. The Bertz CT molecular complexity index is 2480. The Balaban J connectivity index is 0.787. The first kappa shape index (κ1) is 49.4. The lowest BCUT2D eigenvalue weighted by Gasteiger charge is -2.31. The maximum absolute atomic E-state index is 15.4. The maximum Gasteiger partial charge on any atom is 0.264 e. The predicted octanol–water partition coefficient (Wildman–Crippen LogP) is 5.45. The summed E-state index contributed by atoms with van der Waals surface area (Å²) in [5, 5.41) is 17.9. The number of fused-ring (bicyclic) bond motifs is 2. The van der Waals surface area contributed by atoms with Crippen LogP contribution >= 0.6 is 0 Å². The van der Waals surface area contributed by atoms with Crippen LogP contribution in [0.25, 0.3) is 27.7 Å². The van der Waals surface area contributed by atoms with Gasteiger partial charge in [0.15, 0.2) is 0 Å². The number of benzene rings is 3. The third-order valence-corrected chi connectivity index (χ3v) is 12.8. The van der Waals surface area contributed by atoms with Gasteiger partial charge in [0.25, 0.3) is 11.8 Å². The molecular weight excluding hydrogens is 875 g/mol. The number of nitrogens with one attached hydrogen (secondary N) is 4. The predicted molar refractivity (Wildman–Crippen MR) is 255 cm³/mol. The van der Waals surface area contributed by atoms with Crippen LogP contribution in [0.4, 0.5) is 14.5 Å². The number of likely N-dealkylation sites (tertiary alicyclic amines) is 1. The quantitative estimate of drug-likeness (QED) is 0.0257. The molecule has 4 amide bonds. The number of hydrogen-bond acceptors (Lipinski definition) is 13. The molecule has 3 aliphatic heterocycles. The van der Waals surface area contributed by atoms with Gasteiger partial charge in [0.1, 0.15) is 24.0 Å². The fraction of sp³-hybridized carbons (Fsp3) is 0.440. The second-order valence-corrected chi connectivity index (χ2v) is 17.5. The summed E-state index contributed by atoms with van der Waals surface area (Å²) in [6.45, 7) is 5.47. The van der Waals surface area contributed by atoms with Gasteiger partial charge in [-0.15, -0.1) is 0 Å². The van der Waals surface area contributed by atoms with Crippen LogP contribution in [0.5, 0.6) is 0 Å². The van der Waals surface area contributed by atoms with Gasteiger partial charge in [-0.1, -0.05) is 43.9 Å². The van der Waals surface area contributed by atoms with E-state index in [1.165, 1.54) is 18.3 Å². The first-order valence-electron chi connectivity index (χ1n) is 23.5. The molecule has 16 nitrogen and oxygen atoms in total. The third kappa shape index (κ3) is 12.3. The largest absolute Gasteiger partial charge is 0.387 e. The van der Waals surface area contributed by atoms with Crippen LogP contribution in [0.1, 0.15) is 96.2 Å². The van der Waals surface area contributed by atoms with E-state index in [4.69, 9.17) is 20.9 Å². The first-order chi connectivity index (χ1) is 33.1. The number of nitrogens with two attached hydrogens (primary N) is 1. The minimum Gasteiger partial charge on any atom is -0.387 e. The van der Waals surface area contributed by atoms with Gasteiger partial charge in [0.05, 0.1) is 53.8 Å². The van der Waals surface area contributed by atoms with E-state index >= 15 is 8.78 Å². The fourth-order valence-electron chi connectivity index (χ4n) is 8.98. The minimum atomic E-state index is -1.19. The smallest absolute Gasteiger partial charge is 0.264 e. The van der Waals surface area contributed by atoms with Gasteiger partial charge >= 0.3 is 0 Å². The SMILES string of the molecule is N=C/C(=C\NC1CCN(CC(=O)NCCCCCCCCNc2cccc3c2C(=O)N(C(CCC=O)C(N)=O)C3=O)CC1)c1cnc2cccc(-c3cc(F)c(CN4CCOCC4)c(F)c3)c2n1. The van der Waals surface area contributed by atoms with Crippen molar-refractivity contribution in [1.82, 2.24) is 35.3 Å². The molecule has 3 aromatic carbocycles. The van der Waals surface area contributed by atoms with Gasteiger partial charge in [0.2, 0.25) is 11.8 Å². The van der Waals surface area contributed by atoms with Crippen molar-refractivity contribution in [1.29, 1.82) is 5.41 Å². The lowest BCUT2D eigenvalue weighted by molar-refractivity contribution is -0.123. The van der Waals surface area contributed by atoms with E-state index < -0.39 is 35.4 Å². The molecule has 2 fully saturated rings. The molecule has 1 unspecified atom stereocenters. The number of carbonyl (C=O) groups excluding carboxylic acids is 5. The summed E-state index contributed by atoms with van der Waals surface area (Å²) >= 11 is 0. The summed E-state index contributed by atoms with van der Waals surface area (Å²) in [5.74, 6) is -3.26. The zero-order valence-electron chi connectivity index (χ0n) is 38.2. The van der Waals surface area contributed by atoms with Gasteiger partial charge in [-0.05, 0) is 68.0 Å². The van der Waals surface area contributed by atoms with E-state index in [0.717, 1.165) is 69.4 Å². The number of piperidine rings is 1. The molecule has 0 spiro atoms. The molecule has 360 valence electrons. The summed E-state index contributed by atoms with van der Waals surface area (Å²) in [6.07, 6.45) is 12.5. The fourth-order valence-corrected chi connectivity index (χ4v) is 8.98. The highest BCUT2D eigenvalue weighted by molar-refractivity contribution is 6.25. The number of aromatic nitrogens is 2. The third-order valence-electron chi connectivity index (χ3n) is 12.8. The molecule has 7 rings (SSSR count). The normalized spacial score (nSPS) is 16.4. The maximum atomic E-state index is 15.4. The summed E-state index contributed by atoms with van der Waals surface area (Å²) in [7, 11) is 0. The Kier molecular flexibility index (Phi) is 17.4. The number of primary amides is 1. The van der Waals surface area contributed by atoms with Gasteiger partial charge in [-0.3, -0.25) is 38.9 Å². The Hall–Kier alpha value is -6.50. The number of allylic oxidation sites excluding steroid dienone is 1. The van der Waals surface area contributed by atoms with Crippen molar-refractivity contribution < 1.29 is 37.5 Å². The number of halogens is 2. The molecule has 4 heterocycles. The number of morpholine rings is 1. The monoisotopic (exact) mass is 934 g/mol. The molecule has 0 saturated carbocycles. The van der Waals surface area contributed by atoms with Crippen molar-refractivity contribution >= 4 is 58.4 Å².